The van der Waals surface area contributed by atoms with Crippen molar-refractivity contribution >= 4 is 11.5 Å². The summed E-state index contributed by atoms with van der Waals surface area (Å²) in [6, 6.07) is 8.42. The molecular weight excluding hydrogens is 358 g/mol. The van der Waals surface area contributed by atoms with E-state index < -0.39 is 5.97 Å². The van der Waals surface area contributed by atoms with Crippen LogP contribution in [0.2, 0.25) is 0 Å². The SMILES string of the molecule is Cc1cc2c(cc1C1=CCCC1c1ccc(C(=O)O)cn1)C(C)(C)CCC2(C)C. The topological polar surface area (TPSA) is 50.2 Å². The molecule has 0 fully saturated rings. The molecule has 2 aromatic rings. The summed E-state index contributed by atoms with van der Waals surface area (Å²) < 4.78 is 0. The number of aromatic carboxylic acids is 1. The number of fused-ring (bicyclic) bond motifs is 1. The molecule has 0 saturated heterocycles. The monoisotopic (exact) mass is 389 g/mol. The minimum absolute atomic E-state index is 0.184. The summed E-state index contributed by atoms with van der Waals surface area (Å²) in [6.45, 7) is 11.7. The van der Waals surface area contributed by atoms with Crippen molar-refractivity contribution in [3.63, 3.8) is 0 Å². The molecule has 0 amide bonds. The van der Waals surface area contributed by atoms with Gasteiger partial charge >= 0.3 is 5.97 Å². The summed E-state index contributed by atoms with van der Waals surface area (Å²) >= 11 is 0. The third-order valence-corrected chi connectivity index (χ3v) is 7.09. The van der Waals surface area contributed by atoms with Crippen molar-refractivity contribution in [3.05, 3.63) is 70.0 Å². The van der Waals surface area contributed by atoms with E-state index in [0.29, 0.717) is 0 Å². The first-order valence-corrected chi connectivity index (χ1v) is 10.7. The van der Waals surface area contributed by atoms with Gasteiger partial charge in [0.05, 0.1) is 5.56 Å². The van der Waals surface area contributed by atoms with E-state index in [1.165, 1.54) is 46.9 Å². The number of allylic oxidation sites excluding steroid dienone is 2. The van der Waals surface area contributed by atoms with Crippen molar-refractivity contribution in [2.75, 3.05) is 0 Å². The molecule has 1 atom stereocenters. The molecule has 1 aromatic heterocycles. The van der Waals surface area contributed by atoms with Gasteiger partial charge in [-0.1, -0.05) is 45.9 Å². The summed E-state index contributed by atoms with van der Waals surface area (Å²) in [5.74, 6) is -0.698. The van der Waals surface area contributed by atoms with Crippen LogP contribution in [0.5, 0.6) is 0 Å². The number of rotatable bonds is 3. The summed E-state index contributed by atoms with van der Waals surface area (Å²) in [7, 11) is 0. The fourth-order valence-corrected chi connectivity index (χ4v) is 5.08. The highest BCUT2D eigenvalue weighted by Crippen LogP contribution is 2.49. The third kappa shape index (κ3) is 3.41. The van der Waals surface area contributed by atoms with Crippen molar-refractivity contribution in [1.82, 2.24) is 4.98 Å². The maximum absolute atomic E-state index is 11.2. The number of aryl methyl sites for hydroxylation is 1. The molecule has 0 bridgehead atoms. The fraction of sp³-hybridized carbons (Fsp3) is 0.462. The van der Waals surface area contributed by atoms with Crippen molar-refractivity contribution in [2.24, 2.45) is 0 Å². The van der Waals surface area contributed by atoms with E-state index in [9.17, 15) is 4.79 Å². The molecule has 0 aliphatic heterocycles. The van der Waals surface area contributed by atoms with Gasteiger partial charge in [0.15, 0.2) is 0 Å². The first-order valence-electron chi connectivity index (χ1n) is 10.7. The third-order valence-electron chi connectivity index (χ3n) is 7.09. The standard InChI is InChI=1S/C26H31NO2/c1-16-13-21-22(26(4,5)12-11-25(21,2)3)14-20(16)18-7-6-8-19(18)23-10-9-17(15-27-23)24(28)29/h7,9-10,13-15,19H,6,8,11-12H2,1-5H3,(H,28,29). The normalized spacial score (nSPS) is 22.1. The zero-order chi connectivity index (χ0) is 21.0. The van der Waals surface area contributed by atoms with Crippen LogP contribution < -0.4 is 0 Å². The summed E-state index contributed by atoms with van der Waals surface area (Å²) in [6.07, 6.45) is 8.33. The molecule has 29 heavy (non-hydrogen) atoms. The Morgan fingerprint density at radius 3 is 2.31 bits per heavy atom. The number of pyridine rings is 1. The van der Waals surface area contributed by atoms with Gasteiger partial charge in [-0.25, -0.2) is 4.79 Å². The Bertz CT molecular complexity index is 996. The minimum atomic E-state index is -0.929. The highest BCUT2D eigenvalue weighted by molar-refractivity contribution is 5.87. The largest absolute Gasteiger partial charge is 0.478 e. The number of carboxylic acids is 1. The highest BCUT2D eigenvalue weighted by Gasteiger charge is 2.38. The lowest BCUT2D eigenvalue weighted by Crippen LogP contribution is -2.34. The van der Waals surface area contributed by atoms with Crippen LogP contribution in [0, 0.1) is 6.92 Å². The highest BCUT2D eigenvalue weighted by atomic mass is 16.4. The average molecular weight is 390 g/mol. The fourth-order valence-electron chi connectivity index (χ4n) is 5.08. The van der Waals surface area contributed by atoms with Gasteiger partial charge in [0, 0.05) is 17.8 Å². The van der Waals surface area contributed by atoms with Gasteiger partial charge in [0.25, 0.3) is 0 Å². The molecule has 0 radical (unpaired) electrons. The molecule has 1 heterocycles. The van der Waals surface area contributed by atoms with Gasteiger partial charge in [0.2, 0.25) is 0 Å². The quantitative estimate of drug-likeness (QED) is 0.661. The Morgan fingerprint density at radius 2 is 1.72 bits per heavy atom. The second-order valence-electron chi connectivity index (χ2n) is 10.0. The van der Waals surface area contributed by atoms with Crippen molar-refractivity contribution in [2.45, 2.75) is 77.0 Å². The van der Waals surface area contributed by atoms with Gasteiger partial charge in [-0.15, -0.1) is 0 Å². The van der Waals surface area contributed by atoms with Crippen molar-refractivity contribution in [1.29, 1.82) is 0 Å². The number of benzene rings is 1. The second kappa shape index (κ2) is 6.83. The van der Waals surface area contributed by atoms with E-state index in [2.05, 4.69) is 57.8 Å². The maximum atomic E-state index is 11.2. The first-order chi connectivity index (χ1) is 13.6. The zero-order valence-electron chi connectivity index (χ0n) is 18.2. The molecule has 1 unspecified atom stereocenters. The molecule has 2 aliphatic carbocycles. The van der Waals surface area contributed by atoms with Crippen LogP contribution in [0.25, 0.3) is 5.57 Å². The van der Waals surface area contributed by atoms with Crippen molar-refractivity contribution in [3.8, 4) is 0 Å². The number of aromatic nitrogens is 1. The number of hydrogen-bond acceptors (Lipinski definition) is 2. The molecule has 1 aromatic carbocycles. The van der Waals surface area contributed by atoms with Gasteiger partial charge in [-0.05, 0) is 83.4 Å². The Labute approximate surface area is 173 Å². The molecule has 3 heteroatoms. The summed E-state index contributed by atoms with van der Waals surface area (Å²) in [4.78, 5) is 15.7. The van der Waals surface area contributed by atoms with Crippen molar-refractivity contribution < 1.29 is 9.90 Å². The number of carbonyl (C=O) groups is 1. The van der Waals surface area contributed by atoms with Crippen LogP contribution in [-0.4, -0.2) is 16.1 Å². The lowest BCUT2D eigenvalue weighted by atomic mass is 9.62. The van der Waals surface area contributed by atoms with Crippen LogP contribution in [0.3, 0.4) is 0 Å². The lowest BCUT2D eigenvalue weighted by Gasteiger charge is -2.42. The minimum Gasteiger partial charge on any atom is -0.478 e. The van der Waals surface area contributed by atoms with Crippen LogP contribution in [0.1, 0.15) is 97.6 Å². The van der Waals surface area contributed by atoms with Gasteiger partial charge in [-0.2, -0.15) is 0 Å². The van der Waals surface area contributed by atoms with Crippen LogP contribution in [-0.2, 0) is 10.8 Å². The maximum Gasteiger partial charge on any atom is 0.337 e. The predicted octanol–water partition coefficient (Wildman–Crippen LogP) is 6.40. The molecule has 0 saturated carbocycles. The van der Waals surface area contributed by atoms with E-state index >= 15 is 0 Å². The van der Waals surface area contributed by atoms with E-state index in [0.717, 1.165) is 18.5 Å². The van der Waals surface area contributed by atoms with Crippen LogP contribution in [0.15, 0.2) is 36.5 Å². The second-order valence-corrected chi connectivity index (χ2v) is 10.0. The Hall–Kier alpha value is -2.42. The lowest BCUT2D eigenvalue weighted by molar-refractivity contribution is 0.0696. The van der Waals surface area contributed by atoms with E-state index in [-0.39, 0.29) is 22.3 Å². The molecule has 0 spiro atoms. The van der Waals surface area contributed by atoms with Crippen LogP contribution >= 0.6 is 0 Å². The van der Waals surface area contributed by atoms with Gasteiger partial charge < -0.3 is 5.11 Å². The summed E-state index contributed by atoms with van der Waals surface area (Å²) in [5.41, 5.74) is 8.59. The van der Waals surface area contributed by atoms with E-state index in [1.807, 2.05) is 6.07 Å². The molecule has 152 valence electrons. The van der Waals surface area contributed by atoms with E-state index in [1.54, 1.807) is 6.07 Å². The number of carboxylic acid groups (broad SMARTS) is 1. The molecule has 1 N–H and O–H groups in total. The Kier molecular flexibility index (Phi) is 4.68. The number of hydrogen-bond donors (Lipinski definition) is 1. The number of nitrogens with zero attached hydrogens (tertiary/aromatic N) is 1. The van der Waals surface area contributed by atoms with Crippen LogP contribution in [0.4, 0.5) is 0 Å². The predicted molar refractivity (Wildman–Crippen MR) is 118 cm³/mol. The smallest absolute Gasteiger partial charge is 0.337 e. The molecule has 4 rings (SSSR count). The van der Waals surface area contributed by atoms with E-state index in [4.69, 9.17) is 5.11 Å². The molecule has 2 aliphatic rings. The average Bonchev–Trinajstić information content (AvgIpc) is 3.15. The molecular formula is C26H31NO2. The Morgan fingerprint density at radius 1 is 1.07 bits per heavy atom. The zero-order valence-corrected chi connectivity index (χ0v) is 18.2. The van der Waals surface area contributed by atoms with Gasteiger partial charge in [-0.3, -0.25) is 4.98 Å². The summed E-state index contributed by atoms with van der Waals surface area (Å²) in [5, 5.41) is 9.16. The van der Waals surface area contributed by atoms with Gasteiger partial charge in [0.1, 0.15) is 0 Å². The first kappa shape index (κ1) is 19.9. The molecule has 3 nitrogen and oxygen atoms in total. The Balaban J connectivity index is 1.77.